The molecule has 2 saturated heterocycles. The topological polar surface area (TPSA) is 18.5 Å². The van der Waals surface area contributed by atoms with E-state index in [4.69, 9.17) is 0 Å². The van der Waals surface area contributed by atoms with Gasteiger partial charge < -0.3 is 5.32 Å². The van der Waals surface area contributed by atoms with Gasteiger partial charge in [0.1, 0.15) is 0 Å². The van der Waals surface area contributed by atoms with E-state index in [9.17, 15) is 0 Å². The minimum absolute atomic E-state index is 0.698. The molecule has 0 aliphatic carbocycles. The fourth-order valence-electron chi connectivity index (χ4n) is 3.52. The van der Waals surface area contributed by atoms with Gasteiger partial charge in [-0.05, 0) is 45.0 Å². The van der Waals surface area contributed by atoms with Gasteiger partial charge in [0.25, 0.3) is 0 Å². The lowest BCUT2D eigenvalue weighted by Crippen LogP contribution is -2.54. The fourth-order valence-corrected chi connectivity index (χ4v) is 4.53. The molecule has 0 saturated carbocycles. The van der Waals surface area contributed by atoms with E-state index >= 15 is 0 Å². The lowest BCUT2D eigenvalue weighted by molar-refractivity contribution is 0.0547. The summed E-state index contributed by atoms with van der Waals surface area (Å²) in [6.45, 7) is 11.6. The Morgan fingerprint density at radius 2 is 2.15 bits per heavy atom. The van der Waals surface area contributed by atoms with Crippen LogP contribution in [0.1, 0.15) is 36.4 Å². The van der Waals surface area contributed by atoms with Crippen molar-refractivity contribution in [3.63, 3.8) is 0 Å². The van der Waals surface area contributed by atoms with Crippen LogP contribution in [0.4, 0.5) is 0 Å². The quantitative estimate of drug-likeness (QED) is 0.900. The second-order valence-electron chi connectivity index (χ2n) is 6.22. The Kier molecular flexibility index (Phi) is 4.76. The zero-order chi connectivity index (χ0) is 13.9. The normalized spacial score (nSPS) is 27.9. The van der Waals surface area contributed by atoms with Crippen LogP contribution in [0.25, 0.3) is 0 Å². The molecule has 1 N–H and O–H groups in total. The molecule has 4 heteroatoms. The number of thiophene rings is 1. The number of nitrogens with zero attached hydrogens (tertiary/aromatic N) is 2. The van der Waals surface area contributed by atoms with Crippen molar-refractivity contribution in [1.82, 2.24) is 15.1 Å². The molecule has 2 aliphatic rings. The smallest absolute Gasteiger partial charge is 0.0332 e. The van der Waals surface area contributed by atoms with E-state index in [2.05, 4.69) is 41.1 Å². The van der Waals surface area contributed by atoms with Crippen LogP contribution >= 0.6 is 11.3 Å². The summed E-state index contributed by atoms with van der Waals surface area (Å²) in [5, 5.41) is 3.41. The van der Waals surface area contributed by atoms with Gasteiger partial charge in [-0.1, -0.05) is 6.92 Å². The second-order valence-corrected chi connectivity index (χ2v) is 7.47. The third-order valence-corrected chi connectivity index (χ3v) is 5.76. The predicted octanol–water partition coefficient (Wildman–Crippen LogP) is 2.53. The molecule has 2 atom stereocenters. The van der Waals surface area contributed by atoms with Gasteiger partial charge in [-0.3, -0.25) is 9.80 Å². The van der Waals surface area contributed by atoms with Crippen LogP contribution in [-0.2, 0) is 13.1 Å². The minimum Gasteiger partial charge on any atom is -0.312 e. The van der Waals surface area contributed by atoms with Crippen LogP contribution in [0, 0.1) is 0 Å². The summed E-state index contributed by atoms with van der Waals surface area (Å²) in [6.07, 6.45) is 2.80. The Morgan fingerprint density at radius 3 is 3.00 bits per heavy atom. The highest BCUT2D eigenvalue weighted by atomic mass is 32.1. The molecular formula is C16H27N3S. The molecule has 20 heavy (non-hydrogen) atoms. The summed E-state index contributed by atoms with van der Waals surface area (Å²) >= 11 is 1.98. The van der Waals surface area contributed by atoms with Crippen molar-refractivity contribution in [2.24, 2.45) is 0 Å². The van der Waals surface area contributed by atoms with Crippen LogP contribution in [0.3, 0.4) is 0 Å². The molecule has 3 heterocycles. The zero-order valence-electron chi connectivity index (χ0n) is 12.8. The lowest BCUT2D eigenvalue weighted by atomic mass is 10.1. The molecule has 0 spiro atoms. The van der Waals surface area contributed by atoms with E-state index in [0.29, 0.717) is 6.04 Å². The van der Waals surface area contributed by atoms with E-state index in [1.165, 1.54) is 42.2 Å². The van der Waals surface area contributed by atoms with Crippen molar-refractivity contribution >= 4 is 11.3 Å². The van der Waals surface area contributed by atoms with E-state index in [1.807, 2.05) is 11.3 Å². The molecular weight excluding hydrogens is 266 g/mol. The summed E-state index contributed by atoms with van der Waals surface area (Å²) in [5.74, 6) is 0. The maximum Gasteiger partial charge on any atom is 0.0332 e. The van der Waals surface area contributed by atoms with Crippen molar-refractivity contribution in [2.75, 3.05) is 26.2 Å². The average Bonchev–Trinajstić information content (AvgIpc) is 3.06. The van der Waals surface area contributed by atoms with Gasteiger partial charge in [0.15, 0.2) is 0 Å². The van der Waals surface area contributed by atoms with Gasteiger partial charge in [0.05, 0.1) is 0 Å². The Hall–Kier alpha value is -0.420. The molecule has 112 valence electrons. The van der Waals surface area contributed by atoms with E-state index in [-0.39, 0.29) is 0 Å². The number of piperazine rings is 1. The number of hydrogen-bond donors (Lipinski definition) is 1. The van der Waals surface area contributed by atoms with Gasteiger partial charge in [-0.25, -0.2) is 0 Å². The highest BCUT2D eigenvalue weighted by molar-refractivity contribution is 7.11. The highest BCUT2D eigenvalue weighted by Crippen LogP contribution is 2.27. The molecule has 2 unspecified atom stereocenters. The van der Waals surface area contributed by atoms with Crippen LogP contribution in [-0.4, -0.2) is 48.1 Å². The maximum absolute atomic E-state index is 3.41. The molecule has 3 nitrogen and oxygen atoms in total. The summed E-state index contributed by atoms with van der Waals surface area (Å²) in [6, 6.07) is 6.14. The first kappa shape index (κ1) is 14.5. The van der Waals surface area contributed by atoms with E-state index in [0.717, 1.165) is 25.7 Å². The van der Waals surface area contributed by atoms with Crippen LogP contribution in [0.15, 0.2) is 12.1 Å². The van der Waals surface area contributed by atoms with Crippen molar-refractivity contribution in [3.8, 4) is 0 Å². The average molecular weight is 293 g/mol. The van der Waals surface area contributed by atoms with Crippen LogP contribution in [0.5, 0.6) is 0 Å². The number of rotatable bonds is 5. The molecule has 1 aromatic rings. The molecule has 0 radical (unpaired) electrons. The number of hydrogen-bond acceptors (Lipinski definition) is 4. The van der Waals surface area contributed by atoms with Crippen molar-refractivity contribution in [1.29, 1.82) is 0 Å². The third kappa shape index (κ3) is 3.25. The van der Waals surface area contributed by atoms with Gasteiger partial charge in [-0.15, -0.1) is 11.3 Å². The fraction of sp³-hybridized carbons (Fsp3) is 0.750. The second kappa shape index (κ2) is 6.56. The Labute approximate surface area is 127 Å². The van der Waals surface area contributed by atoms with Crippen molar-refractivity contribution < 1.29 is 0 Å². The molecule has 2 fully saturated rings. The van der Waals surface area contributed by atoms with Crippen molar-refractivity contribution in [3.05, 3.63) is 21.9 Å². The third-order valence-electron chi connectivity index (χ3n) is 4.69. The SMILES string of the molecule is CCNCc1ccc(CN2CC3CCCN3CC2C)s1. The first-order valence-electron chi connectivity index (χ1n) is 8.02. The van der Waals surface area contributed by atoms with E-state index < -0.39 is 0 Å². The van der Waals surface area contributed by atoms with Crippen LogP contribution < -0.4 is 5.32 Å². The predicted molar refractivity (Wildman–Crippen MR) is 86.2 cm³/mol. The summed E-state index contributed by atoms with van der Waals surface area (Å²) in [5.41, 5.74) is 0. The molecule has 2 aliphatic heterocycles. The Morgan fingerprint density at radius 1 is 1.30 bits per heavy atom. The monoisotopic (exact) mass is 293 g/mol. The molecule has 0 amide bonds. The molecule has 3 rings (SSSR count). The number of fused-ring (bicyclic) bond motifs is 1. The first-order chi connectivity index (χ1) is 9.76. The molecule has 1 aromatic heterocycles. The van der Waals surface area contributed by atoms with E-state index in [1.54, 1.807) is 0 Å². The van der Waals surface area contributed by atoms with Gasteiger partial charge >= 0.3 is 0 Å². The molecule has 0 aromatic carbocycles. The lowest BCUT2D eigenvalue weighted by Gasteiger charge is -2.42. The minimum atomic E-state index is 0.698. The van der Waals surface area contributed by atoms with Gasteiger partial charge in [0, 0.05) is 48.0 Å². The summed E-state index contributed by atoms with van der Waals surface area (Å²) in [4.78, 5) is 8.38. The van der Waals surface area contributed by atoms with Crippen molar-refractivity contribution in [2.45, 2.75) is 51.9 Å². The van der Waals surface area contributed by atoms with Crippen LogP contribution in [0.2, 0.25) is 0 Å². The highest BCUT2D eigenvalue weighted by Gasteiger charge is 2.34. The summed E-state index contributed by atoms with van der Waals surface area (Å²) < 4.78 is 0. The first-order valence-corrected chi connectivity index (χ1v) is 8.84. The van der Waals surface area contributed by atoms with Gasteiger partial charge in [-0.2, -0.15) is 0 Å². The maximum atomic E-state index is 3.41. The summed E-state index contributed by atoms with van der Waals surface area (Å²) in [7, 11) is 0. The Balaban J connectivity index is 1.57. The molecule has 0 bridgehead atoms. The van der Waals surface area contributed by atoms with Gasteiger partial charge in [0.2, 0.25) is 0 Å². The zero-order valence-corrected chi connectivity index (χ0v) is 13.6. The largest absolute Gasteiger partial charge is 0.312 e. The number of nitrogens with one attached hydrogen (secondary N) is 1. The Bertz CT molecular complexity index is 431. The standard InChI is InChI=1S/C16H27N3S/c1-3-17-9-15-6-7-16(20-15)12-19-11-14-5-4-8-18(14)10-13(19)2/h6-7,13-14,17H,3-5,8-12H2,1-2H3.